The molecule has 0 unspecified atom stereocenters. The number of pyridine rings is 1. The van der Waals surface area contributed by atoms with E-state index in [1.54, 1.807) is 0 Å². The second kappa shape index (κ2) is 6.81. The molecule has 0 amide bonds. The Morgan fingerprint density at radius 3 is 2.90 bits per heavy atom. The summed E-state index contributed by atoms with van der Waals surface area (Å²) < 4.78 is 0.353. The van der Waals surface area contributed by atoms with Gasteiger partial charge in [-0.2, -0.15) is 11.8 Å². The fraction of sp³-hybridized carbons (Fsp3) is 0.688. The molecule has 1 aromatic rings. The second-order valence-corrected chi connectivity index (χ2v) is 8.46. The maximum Gasteiger partial charge on any atom is 0.128 e. The second-order valence-electron chi connectivity index (χ2n) is 6.61. The number of nitrogens with zero attached hydrogens (tertiary/aromatic N) is 2. The molecule has 0 saturated carbocycles. The standard InChI is InChI=1S/C16H27N3S/c1-13(12-20-16(2,3)4)18-14-8-10-19(11-14)15-7-5-6-9-17-15/h5-7,9,13-14,18H,8,10-12H2,1-4H3/t13-,14-/m0/s1. The third kappa shape index (κ3) is 4.98. The fourth-order valence-electron chi connectivity index (χ4n) is 2.47. The lowest BCUT2D eigenvalue weighted by Gasteiger charge is -2.24. The Labute approximate surface area is 127 Å². The lowest BCUT2D eigenvalue weighted by molar-refractivity contribution is 0.495. The smallest absolute Gasteiger partial charge is 0.128 e. The molecular formula is C16H27N3S. The van der Waals surface area contributed by atoms with Crippen LogP contribution in [-0.4, -0.2) is 40.7 Å². The third-order valence-electron chi connectivity index (χ3n) is 3.45. The summed E-state index contributed by atoms with van der Waals surface area (Å²) in [7, 11) is 0. The van der Waals surface area contributed by atoms with Crippen LogP contribution in [0.3, 0.4) is 0 Å². The molecule has 0 aliphatic carbocycles. The largest absolute Gasteiger partial charge is 0.355 e. The van der Waals surface area contributed by atoms with Crippen LogP contribution in [-0.2, 0) is 0 Å². The monoisotopic (exact) mass is 293 g/mol. The van der Waals surface area contributed by atoms with E-state index in [1.807, 2.05) is 24.0 Å². The average Bonchev–Trinajstić information content (AvgIpc) is 2.85. The van der Waals surface area contributed by atoms with Crippen molar-refractivity contribution >= 4 is 17.6 Å². The van der Waals surface area contributed by atoms with Crippen LogP contribution in [0.4, 0.5) is 5.82 Å². The predicted octanol–water partition coefficient (Wildman–Crippen LogP) is 3.17. The van der Waals surface area contributed by atoms with Crippen LogP contribution in [0.15, 0.2) is 24.4 Å². The highest BCUT2D eigenvalue weighted by atomic mass is 32.2. The Morgan fingerprint density at radius 2 is 2.25 bits per heavy atom. The first kappa shape index (κ1) is 15.6. The molecule has 0 bridgehead atoms. The number of nitrogens with one attached hydrogen (secondary N) is 1. The molecule has 1 N–H and O–H groups in total. The van der Waals surface area contributed by atoms with Crippen molar-refractivity contribution < 1.29 is 0 Å². The number of hydrogen-bond acceptors (Lipinski definition) is 4. The zero-order valence-electron chi connectivity index (χ0n) is 13.1. The zero-order chi connectivity index (χ0) is 14.6. The van der Waals surface area contributed by atoms with Gasteiger partial charge in [-0.3, -0.25) is 0 Å². The summed E-state index contributed by atoms with van der Waals surface area (Å²) in [4.78, 5) is 6.81. The molecule has 0 aromatic carbocycles. The maximum absolute atomic E-state index is 4.44. The fourth-order valence-corrected chi connectivity index (χ4v) is 3.32. The minimum Gasteiger partial charge on any atom is -0.355 e. The van der Waals surface area contributed by atoms with E-state index in [0.717, 1.165) is 18.9 Å². The van der Waals surface area contributed by atoms with Crippen molar-refractivity contribution in [1.29, 1.82) is 0 Å². The van der Waals surface area contributed by atoms with E-state index >= 15 is 0 Å². The average molecular weight is 293 g/mol. The molecule has 4 heteroatoms. The highest BCUT2D eigenvalue weighted by molar-refractivity contribution is 8.00. The van der Waals surface area contributed by atoms with E-state index in [9.17, 15) is 0 Å². The number of thioether (sulfide) groups is 1. The zero-order valence-corrected chi connectivity index (χ0v) is 13.9. The van der Waals surface area contributed by atoms with Crippen molar-refractivity contribution in [1.82, 2.24) is 10.3 Å². The van der Waals surface area contributed by atoms with E-state index < -0.39 is 0 Å². The SMILES string of the molecule is C[C@@H](CSC(C)(C)C)N[C@H]1CCN(c2ccccn2)C1. The lowest BCUT2D eigenvalue weighted by Crippen LogP contribution is -2.40. The first-order valence-electron chi connectivity index (χ1n) is 7.50. The van der Waals surface area contributed by atoms with Gasteiger partial charge in [-0.05, 0) is 25.5 Å². The van der Waals surface area contributed by atoms with Gasteiger partial charge in [0.1, 0.15) is 5.82 Å². The van der Waals surface area contributed by atoms with Gasteiger partial charge in [0, 0.05) is 41.9 Å². The van der Waals surface area contributed by atoms with Gasteiger partial charge in [0.05, 0.1) is 0 Å². The summed E-state index contributed by atoms with van der Waals surface area (Å²) in [5.41, 5.74) is 0. The van der Waals surface area contributed by atoms with E-state index in [0.29, 0.717) is 16.8 Å². The van der Waals surface area contributed by atoms with E-state index in [-0.39, 0.29) is 0 Å². The Hall–Kier alpha value is -0.740. The Kier molecular flexibility index (Phi) is 5.33. The highest BCUT2D eigenvalue weighted by Gasteiger charge is 2.24. The first-order chi connectivity index (χ1) is 9.44. The highest BCUT2D eigenvalue weighted by Crippen LogP contribution is 2.24. The van der Waals surface area contributed by atoms with Gasteiger partial charge in [0.25, 0.3) is 0 Å². The molecule has 1 fully saturated rings. The molecule has 20 heavy (non-hydrogen) atoms. The molecule has 1 saturated heterocycles. The van der Waals surface area contributed by atoms with Crippen molar-refractivity contribution in [2.75, 3.05) is 23.7 Å². The molecule has 0 radical (unpaired) electrons. The Morgan fingerprint density at radius 1 is 1.45 bits per heavy atom. The first-order valence-corrected chi connectivity index (χ1v) is 8.48. The van der Waals surface area contributed by atoms with Gasteiger partial charge < -0.3 is 10.2 Å². The third-order valence-corrected chi connectivity index (χ3v) is 4.98. The van der Waals surface area contributed by atoms with Crippen LogP contribution in [0.2, 0.25) is 0 Å². The molecule has 2 heterocycles. The number of hydrogen-bond donors (Lipinski definition) is 1. The minimum absolute atomic E-state index is 0.353. The molecule has 1 aliphatic heterocycles. The molecule has 0 spiro atoms. The quantitative estimate of drug-likeness (QED) is 0.902. The minimum atomic E-state index is 0.353. The van der Waals surface area contributed by atoms with Gasteiger partial charge in [0.2, 0.25) is 0 Å². The van der Waals surface area contributed by atoms with E-state index in [4.69, 9.17) is 0 Å². The van der Waals surface area contributed by atoms with Gasteiger partial charge >= 0.3 is 0 Å². The van der Waals surface area contributed by atoms with Gasteiger partial charge in [-0.25, -0.2) is 4.98 Å². The van der Waals surface area contributed by atoms with E-state index in [2.05, 4.69) is 55.0 Å². The molecular weight excluding hydrogens is 266 g/mol. The topological polar surface area (TPSA) is 28.2 Å². The van der Waals surface area contributed by atoms with Crippen molar-refractivity contribution in [2.45, 2.75) is 50.9 Å². The summed E-state index contributed by atoms with van der Waals surface area (Å²) in [6.07, 6.45) is 3.08. The normalized spacial score (nSPS) is 21.2. The van der Waals surface area contributed by atoms with E-state index in [1.165, 1.54) is 12.2 Å². The summed E-state index contributed by atoms with van der Waals surface area (Å²) in [6, 6.07) is 7.29. The summed E-state index contributed by atoms with van der Waals surface area (Å²) >= 11 is 2.03. The predicted molar refractivity (Wildman–Crippen MR) is 89.7 cm³/mol. The van der Waals surface area contributed by atoms with Crippen LogP contribution >= 0.6 is 11.8 Å². The molecule has 1 aromatic heterocycles. The molecule has 2 rings (SSSR count). The molecule has 2 atom stereocenters. The Bertz CT molecular complexity index is 402. The summed E-state index contributed by atoms with van der Waals surface area (Å²) in [5, 5.41) is 3.76. The van der Waals surface area contributed by atoms with Crippen LogP contribution in [0.1, 0.15) is 34.1 Å². The van der Waals surface area contributed by atoms with Gasteiger partial charge in [-0.1, -0.05) is 26.8 Å². The summed E-state index contributed by atoms with van der Waals surface area (Å²) in [6.45, 7) is 11.3. The van der Waals surface area contributed by atoms with Crippen molar-refractivity contribution in [3.8, 4) is 0 Å². The van der Waals surface area contributed by atoms with Gasteiger partial charge in [0.15, 0.2) is 0 Å². The van der Waals surface area contributed by atoms with Crippen LogP contribution < -0.4 is 10.2 Å². The van der Waals surface area contributed by atoms with Crippen molar-refractivity contribution in [3.63, 3.8) is 0 Å². The van der Waals surface area contributed by atoms with Crippen LogP contribution in [0, 0.1) is 0 Å². The maximum atomic E-state index is 4.44. The van der Waals surface area contributed by atoms with Crippen molar-refractivity contribution in [3.05, 3.63) is 24.4 Å². The number of rotatable bonds is 5. The molecule has 1 aliphatic rings. The van der Waals surface area contributed by atoms with Gasteiger partial charge in [-0.15, -0.1) is 0 Å². The molecule has 112 valence electrons. The van der Waals surface area contributed by atoms with Crippen LogP contribution in [0.25, 0.3) is 0 Å². The van der Waals surface area contributed by atoms with Crippen molar-refractivity contribution in [2.24, 2.45) is 0 Å². The van der Waals surface area contributed by atoms with Crippen LogP contribution in [0.5, 0.6) is 0 Å². The number of anilines is 1. The lowest BCUT2D eigenvalue weighted by atomic mass is 10.2. The molecule has 3 nitrogen and oxygen atoms in total. The summed E-state index contributed by atoms with van der Waals surface area (Å²) in [5.74, 6) is 2.28. The Balaban J connectivity index is 1.76. The number of aromatic nitrogens is 1.